The van der Waals surface area contributed by atoms with E-state index in [0.29, 0.717) is 6.54 Å². The van der Waals surface area contributed by atoms with Gasteiger partial charge in [-0.15, -0.1) is 0 Å². The molecule has 1 fully saturated rings. The Morgan fingerprint density at radius 2 is 2.19 bits per heavy atom. The second-order valence-electron chi connectivity index (χ2n) is 3.91. The highest BCUT2D eigenvalue weighted by atomic mass is 16.5. The van der Waals surface area contributed by atoms with Crippen molar-refractivity contribution >= 4 is 11.6 Å². The van der Waals surface area contributed by atoms with Crippen LogP contribution in [0.2, 0.25) is 0 Å². The molecule has 6 nitrogen and oxygen atoms in total. The first-order valence-electron chi connectivity index (χ1n) is 5.62. The second kappa shape index (κ2) is 7.19. The summed E-state index contributed by atoms with van der Waals surface area (Å²) in [4.78, 5) is 12.7. The number of oxime groups is 1. The van der Waals surface area contributed by atoms with Crippen molar-refractivity contribution in [1.29, 1.82) is 0 Å². The molecule has 0 saturated carbocycles. The van der Waals surface area contributed by atoms with E-state index in [-0.39, 0.29) is 11.6 Å². The Balaban J connectivity index is 2.05. The first kappa shape index (κ1) is 12.9. The predicted molar refractivity (Wildman–Crippen MR) is 58.9 cm³/mol. The highest BCUT2D eigenvalue weighted by Gasteiger charge is 2.13. The Morgan fingerprint density at radius 1 is 1.50 bits per heavy atom. The zero-order chi connectivity index (χ0) is 11.8. The normalized spacial score (nSPS) is 18.4. The third kappa shape index (κ3) is 4.59. The smallest absolute Gasteiger partial charge is 0.268 e. The number of nitrogens with zero attached hydrogens (tertiary/aromatic N) is 1. The summed E-state index contributed by atoms with van der Waals surface area (Å²) in [6.07, 6.45) is 0.930. The van der Waals surface area contributed by atoms with E-state index in [1.54, 1.807) is 0 Å². The summed E-state index contributed by atoms with van der Waals surface area (Å²) < 4.78 is 5.26. The molecule has 6 heteroatoms. The zero-order valence-corrected chi connectivity index (χ0v) is 9.66. The standard InChI is InChI=1S/C10H19N3O3/c1-9(12-15)10(14)11-3-2-4-13-5-7-16-8-6-13/h15H,2-8H2,1H3,(H,11,14)/p+1/b12-9-. The van der Waals surface area contributed by atoms with Crippen LogP contribution in [0.4, 0.5) is 0 Å². The number of carbonyl (C=O) groups is 1. The van der Waals surface area contributed by atoms with E-state index in [4.69, 9.17) is 9.94 Å². The van der Waals surface area contributed by atoms with Crippen LogP contribution >= 0.6 is 0 Å². The Labute approximate surface area is 95.2 Å². The van der Waals surface area contributed by atoms with Crippen LogP contribution in [-0.2, 0) is 9.53 Å². The third-order valence-corrected chi connectivity index (χ3v) is 2.67. The number of ether oxygens (including phenoxy) is 1. The summed E-state index contributed by atoms with van der Waals surface area (Å²) in [5.74, 6) is -0.306. The molecule has 1 aliphatic rings. The van der Waals surface area contributed by atoms with Gasteiger partial charge < -0.3 is 20.2 Å². The lowest BCUT2D eigenvalue weighted by Crippen LogP contribution is -3.14. The summed E-state index contributed by atoms with van der Waals surface area (Å²) in [6, 6.07) is 0. The molecular weight excluding hydrogens is 210 g/mol. The maximum absolute atomic E-state index is 11.2. The molecule has 92 valence electrons. The molecule has 0 unspecified atom stereocenters. The van der Waals surface area contributed by atoms with Gasteiger partial charge >= 0.3 is 0 Å². The summed E-state index contributed by atoms with van der Waals surface area (Å²) in [7, 11) is 0. The van der Waals surface area contributed by atoms with Gasteiger partial charge in [-0.05, 0) is 6.92 Å². The van der Waals surface area contributed by atoms with Crippen molar-refractivity contribution < 1.29 is 19.6 Å². The van der Waals surface area contributed by atoms with Crippen molar-refractivity contribution in [2.45, 2.75) is 13.3 Å². The average molecular weight is 230 g/mol. The molecule has 1 saturated heterocycles. The van der Waals surface area contributed by atoms with Crippen molar-refractivity contribution in [1.82, 2.24) is 5.32 Å². The van der Waals surface area contributed by atoms with Gasteiger partial charge in [-0.1, -0.05) is 5.16 Å². The van der Waals surface area contributed by atoms with Crippen LogP contribution in [0, 0.1) is 0 Å². The van der Waals surface area contributed by atoms with Gasteiger partial charge in [0.25, 0.3) is 5.91 Å². The number of carbonyl (C=O) groups excluding carboxylic acids is 1. The minimum absolute atomic E-state index is 0.0960. The molecule has 16 heavy (non-hydrogen) atoms. The summed E-state index contributed by atoms with van der Waals surface area (Å²) in [5, 5.41) is 13.9. The van der Waals surface area contributed by atoms with E-state index in [1.807, 2.05) is 0 Å². The van der Waals surface area contributed by atoms with Gasteiger partial charge in [0.15, 0.2) is 0 Å². The Kier molecular flexibility index (Phi) is 5.81. The second-order valence-corrected chi connectivity index (χ2v) is 3.91. The van der Waals surface area contributed by atoms with Gasteiger partial charge in [-0.25, -0.2) is 0 Å². The summed E-state index contributed by atoms with van der Waals surface area (Å²) in [6.45, 7) is 6.89. The molecule has 0 atom stereocenters. The van der Waals surface area contributed by atoms with E-state index in [2.05, 4.69) is 10.5 Å². The molecule has 0 aromatic carbocycles. The van der Waals surface area contributed by atoms with Crippen LogP contribution in [0.15, 0.2) is 5.16 Å². The van der Waals surface area contributed by atoms with Gasteiger partial charge in [0.05, 0.1) is 19.8 Å². The Hall–Kier alpha value is -1.14. The van der Waals surface area contributed by atoms with Gasteiger partial charge in [0.1, 0.15) is 18.8 Å². The molecule has 1 heterocycles. The number of hydrogen-bond acceptors (Lipinski definition) is 4. The van der Waals surface area contributed by atoms with Crippen LogP contribution in [0.1, 0.15) is 13.3 Å². The number of rotatable bonds is 5. The van der Waals surface area contributed by atoms with E-state index < -0.39 is 0 Å². The molecular formula is C10H20N3O3+. The van der Waals surface area contributed by atoms with Crippen LogP contribution < -0.4 is 10.2 Å². The molecule has 1 amide bonds. The van der Waals surface area contributed by atoms with Crippen LogP contribution in [0.5, 0.6) is 0 Å². The fourth-order valence-corrected chi connectivity index (χ4v) is 1.62. The van der Waals surface area contributed by atoms with Crippen LogP contribution in [-0.4, -0.2) is 56.2 Å². The van der Waals surface area contributed by atoms with E-state index >= 15 is 0 Å². The lowest BCUT2D eigenvalue weighted by atomic mass is 10.3. The lowest BCUT2D eigenvalue weighted by Gasteiger charge is -2.23. The fraction of sp³-hybridized carbons (Fsp3) is 0.800. The lowest BCUT2D eigenvalue weighted by molar-refractivity contribution is -0.908. The first-order chi connectivity index (χ1) is 7.74. The van der Waals surface area contributed by atoms with Crippen molar-refractivity contribution in [2.75, 3.05) is 39.4 Å². The molecule has 3 N–H and O–H groups in total. The molecule has 0 spiro atoms. The number of quaternary nitrogens is 1. The number of amides is 1. The Morgan fingerprint density at radius 3 is 2.81 bits per heavy atom. The first-order valence-corrected chi connectivity index (χ1v) is 5.62. The molecule has 0 aliphatic carbocycles. The highest BCUT2D eigenvalue weighted by Crippen LogP contribution is 1.79. The topological polar surface area (TPSA) is 75.4 Å². The Bertz CT molecular complexity index is 250. The largest absolute Gasteiger partial charge is 0.410 e. The van der Waals surface area contributed by atoms with E-state index in [9.17, 15) is 4.79 Å². The van der Waals surface area contributed by atoms with Crippen LogP contribution in [0.25, 0.3) is 0 Å². The van der Waals surface area contributed by atoms with Gasteiger partial charge in [-0.2, -0.15) is 0 Å². The van der Waals surface area contributed by atoms with Crippen molar-refractivity contribution in [3.8, 4) is 0 Å². The number of morpholine rings is 1. The highest BCUT2D eigenvalue weighted by molar-refractivity contribution is 6.37. The average Bonchev–Trinajstić information content (AvgIpc) is 2.34. The van der Waals surface area contributed by atoms with Gasteiger partial charge in [-0.3, -0.25) is 4.79 Å². The fourth-order valence-electron chi connectivity index (χ4n) is 1.62. The minimum atomic E-state index is -0.306. The number of nitrogens with one attached hydrogen (secondary N) is 2. The third-order valence-electron chi connectivity index (χ3n) is 2.67. The van der Waals surface area contributed by atoms with E-state index in [0.717, 1.165) is 39.3 Å². The van der Waals surface area contributed by atoms with E-state index in [1.165, 1.54) is 11.8 Å². The minimum Gasteiger partial charge on any atom is -0.410 e. The van der Waals surface area contributed by atoms with Gasteiger partial charge in [0, 0.05) is 13.0 Å². The van der Waals surface area contributed by atoms with Crippen molar-refractivity contribution in [3.63, 3.8) is 0 Å². The predicted octanol–water partition coefficient (Wildman–Crippen LogP) is -1.74. The molecule has 0 bridgehead atoms. The maximum Gasteiger partial charge on any atom is 0.268 e. The van der Waals surface area contributed by atoms with Crippen molar-refractivity contribution in [2.24, 2.45) is 5.16 Å². The zero-order valence-electron chi connectivity index (χ0n) is 9.66. The SMILES string of the molecule is C/C(=N/O)C(=O)NCCC[NH+]1CCOCC1. The number of hydrogen-bond donors (Lipinski definition) is 3. The molecule has 1 aliphatic heterocycles. The summed E-state index contributed by atoms with van der Waals surface area (Å²) in [5.41, 5.74) is 0.0960. The van der Waals surface area contributed by atoms with Crippen LogP contribution in [0.3, 0.4) is 0 Å². The van der Waals surface area contributed by atoms with Crippen molar-refractivity contribution in [3.05, 3.63) is 0 Å². The maximum atomic E-state index is 11.2. The molecule has 0 radical (unpaired) electrons. The summed E-state index contributed by atoms with van der Waals surface area (Å²) >= 11 is 0. The molecule has 0 aromatic rings. The quantitative estimate of drug-likeness (QED) is 0.227. The monoisotopic (exact) mass is 230 g/mol. The molecule has 1 rings (SSSR count). The van der Waals surface area contributed by atoms with Gasteiger partial charge in [0.2, 0.25) is 0 Å². The molecule has 0 aromatic heterocycles.